The molecule has 0 amide bonds. The molecule has 1 rings (SSSR count). The first-order valence-corrected chi connectivity index (χ1v) is 7.52. The Morgan fingerprint density at radius 1 is 0.818 bits per heavy atom. The second-order valence-corrected chi connectivity index (χ2v) is 5.38. The summed E-state index contributed by atoms with van der Waals surface area (Å²) in [5, 5.41) is 42.2. The van der Waals surface area contributed by atoms with E-state index in [1.165, 1.54) is 0 Å². The summed E-state index contributed by atoms with van der Waals surface area (Å²) < 4.78 is 0. The molecule has 0 aliphatic heterocycles. The second kappa shape index (κ2) is 11.5. The zero-order chi connectivity index (χ0) is 16.2. The van der Waals surface area contributed by atoms with Gasteiger partial charge in [0, 0.05) is 70.6 Å². The maximum Gasteiger partial charge on any atom is 0.0541 e. The number of hydrogen-bond acceptors (Lipinski definition) is 7. The van der Waals surface area contributed by atoms with Gasteiger partial charge in [0.25, 0.3) is 0 Å². The number of rotatable bonds is 12. The predicted molar refractivity (Wildman–Crippen MR) is 83.0 cm³/mol. The van der Waals surface area contributed by atoms with Gasteiger partial charge in [-0.15, -0.1) is 0 Å². The van der Waals surface area contributed by atoms with Gasteiger partial charge in [0.1, 0.15) is 0 Å². The quantitative estimate of drug-likeness (QED) is 0.277. The molecule has 0 aromatic carbocycles. The minimum Gasteiger partial charge on any atom is -0.396 e. The Morgan fingerprint density at radius 3 is 1.82 bits per heavy atom. The van der Waals surface area contributed by atoms with Gasteiger partial charge in [-0.3, -0.25) is 4.98 Å². The Balaban J connectivity index is 2.27. The lowest BCUT2D eigenvalue weighted by atomic mass is 10.1. The van der Waals surface area contributed by atoms with Crippen molar-refractivity contribution in [2.45, 2.75) is 13.1 Å². The van der Waals surface area contributed by atoms with E-state index in [1.807, 2.05) is 12.1 Å². The number of hydrogen-bond donors (Lipinski definition) is 6. The molecule has 0 fully saturated rings. The Kier molecular flexibility index (Phi) is 9.89. The van der Waals surface area contributed by atoms with Crippen LogP contribution in [0.25, 0.3) is 0 Å². The van der Waals surface area contributed by atoms with Crippen molar-refractivity contribution in [1.29, 1.82) is 0 Å². The largest absolute Gasteiger partial charge is 0.396 e. The van der Waals surface area contributed by atoms with Crippen LogP contribution in [0.15, 0.2) is 18.3 Å². The molecule has 0 atom stereocenters. The monoisotopic (exact) mass is 313 g/mol. The topological polar surface area (TPSA) is 118 Å². The standard InChI is InChI=1S/C15H27N3O4/c19-8-13(9-20)4-16-3-12-1-2-15(18-6-12)7-17-5-14(10-21)11-22/h1-2,6,13-14,16-17,19-22H,3-5,7-11H2. The third kappa shape index (κ3) is 7.26. The summed E-state index contributed by atoms with van der Waals surface area (Å²) in [6.07, 6.45) is 1.78. The molecule has 0 aliphatic rings. The van der Waals surface area contributed by atoms with Crippen LogP contribution >= 0.6 is 0 Å². The van der Waals surface area contributed by atoms with E-state index in [1.54, 1.807) is 6.20 Å². The van der Waals surface area contributed by atoms with Gasteiger partial charge in [-0.2, -0.15) is 0 Å². The fraction of sp³-hybridized carbons (Fsp3) is 0.667. The lowest BCUT2D eigenvalue weighted by Gasteiger charge is -2.13. The molecule has 7 nitrogen and oxygen atoms in total. The smallest absolute Gasteiger partial charge is 0.0541 e. The molecule has 0 unspecified atom stereocenters. The van der Waals surface area contributed by atoms with E-state index in [0.29, 0.717) is 26.2 Å². The second-order valence-electron chi connectivity index (χ2n) is 5.38. The summed E-state index contributed by atoms with van der Waals surface area (Å²) >= 11 is 0. The van der Waals surface area contributed by atoms with Crippen LogP contribution in [0.3, 0.4) is 0 Å². The first-order valence-electron chi connectivity index (χ1n) is 7.52. The average molecular weight is 313 g/mol. The first-order chi connectivity index (χ1) is 10.7. The third-order valence-corrected chi connectivity index (χ3v) is 3.42. The molecule has 1 aromatic rings. The van der Waals surface area contributed by atoms with E-state index >= 15 is 0 Å². The lowest BCUT2D eigenvalue weighted by Crippen LogP contribution is -2.28. The number of nitrogens with zero attached hydrogens (tertiary/aromatic N) is 1. The normalized spacial score (nSPS) is 11.5. The molecule has 0 saturated heterocycles. The molecule has 0 saturated carbocycles. The van der Waals surface area contributed by atoms with Crippen LogP contribution in [0.2, 0.25) is 0 Å². The zero-order valence-corrected chi connectivity index (χ0v) is 12.8. The molecular weight excluding hydrogens is 286 g/mol. The molecule has 0 radical (unpaired) electrons. The highest BCUT2D eigenvalue weighted by Gasteiger charge is 2.06. The fourth-order valence-electron chi connectivity index (χ4n) is 1.86. The first kappa shape index (κ1) is 19.0. The van der Waals surface area contributed by atoms with E-state index in [-0.39, 0.29) is 38.3 Å². The van der Waals surface area contributed by atoms with Crippen molar-refractivity contribution in [3.63, 3.8) is 0 Å². The molecule has 22 heavy (non-hydrogen) atoms. The van der Waals surface area contributed by atoms with E-state index in [2.05, 4.69) is 15.6 Å². The van der Waals surface area contributed by atoms with Gasteiger partial charge in [0.05, 0.1) is 5.69 Å². The predicted octanol–water partition coefficient (Wildman–Crippen LogP) is -1.54. The molecule has 7 heteroatoms. The number of aromatic nitrogens is 1. The van der Waals surface area contributed by atoms with Crippen LogP contribution in [-0.2, 0) is 13.1 Å². The van der Waals surface area contributed by atoms with E-state index < -0.39 is 0 Å². The molecular formula is C15H27N3O4. The lowest BCUT2D eigenvalue weighted by molar-refractivity contribution is 0.148. The summed E-state index contributed by atoms with van der Waals surface area (Å²) in [6, 6.07) is 3.89. The Morgan fingerprint density at radius 2 is 1.36 bits per heavy atom. The van der Waals surface area contributed by atoms with Crippen molar-refractivity contribution in [3.05, 3.63) is 29.6 Å². The van der Waals surface area contributed by atoms with Gasteiger partial charge < -0.3 is 31.1 Å². The van der Waals surface area contributed by atoms with Crippen LogP contribution in [0.4, 0.5) is 0 Å². The maximum atomic E-state index is 8.97. The fourth-order valence-corrected chi connectivity index (χ4v) is 1.86. The summed E-state index contributed by atoms with van der Waals surface area (Å²) in [5.74, 6) is -0.281. The zero-order valence-electron chi connectivity index (χ0n) is 12.8. The van der Waals surface area contributed by atoms with Crippen LogP contribution in [0.1, 0.15) is 11.3 Å². The highest BCUT2D eigenvalue weighted by Crippen LogP contribution is 2.01. The van der Waals surface area contributed by atoms with Crippen molar-refractivity contribution in [2.75, 3.05) is 39.5 Å². The van der Waals surface area contributed by atoms with Crippen LogP contribution in [0, 0.1) is 11.8 Å². The average Bonchev–Trinajstić information content (AvgIpc) is 2.57. The van der Waals surface area contributed by atoms with Crippen molar-refractivity contribution in [3.8, 4) is 0 Å². The molecule has 0 spiro atoms. The molecule has 126 valence electrons. The van der Waals surface area contributed by atoms with Crippen molar-refractivity contribution in [2.24, 2.45) is 11.8 Å². The molecule has 6 N–H and O–H groups in total. The van der Waals surface area contributed by atoms with Crippen LogP contribution < -0.4 is 10.6 Å². The van der Waals surface area contributed by atoms with Crippen molar-refractivity contribution < 1.29 is 20.4 Å². The van der Waals surface area contributed by atoms with Gasteiger partial charge in [-0.1, -0.05) is 6.07 Å². The van der Waals surface area contributed by atoms with Gasteiger partial charge in [0.15, 0.2) is 0 Å². The van der Waals surface area contributed by atoms with Gasteiger partial charge >= 0.3 is 0 Å². The van der Waals surface area contributed by atoms with Gasteiger partial charge in [-0.25, -0.2) is 0 Å². The van der Waals surface area contributed by atoms with Crippen LogP contribution in [0.5, 0.6) is 0 Å². The van der Waals surface area contributed by atoms with Crippen molar-refractivity contribution >= 4 is 0 Å². The number of aliphatic hydroxyl groups is 4. The SMILES string of the molecule is OCC(CO)CNCc1ccc(CNCC(CO)CO)nc1. The molecule has 0 aliphatic carbocycles. The van der Waals surface area contributed by atoms with Gasteiger partial charge in [0.2, 0.25) is 0 Å². The van der Waals surface area contributed by atoms with Crippen molar-refractivity contribution in [1.82, 2.24) is 15.6 Å². The van der Waals surface area contributed by atoms with E-state index in [0.717, 1.165) is 11.3 Å². The summed E-state index contributed by atoms with van der Waals surface area (Å²) in [6.45, 7) is 2.18. The van der Waals surface area contributed by atoms with Crippen LogP contribution in [-0.4, -0.2) is 64.9 Å². The van der Waals surface area contributed by atoms with Gasteiger partial charge in [-0.05, 0) is 11.6 Å². The molecule has 1 heterocycles. The summed E-state index contributed by atoms with van der Waals surface area (Å²) in [7, 11) is 0. The van der Waals surface area contributed by atoms with E-state index in [4.69, 9.17) is 20.4 Å². The summed E-state index contributed by atoms with van der Waals surface area (Å²) in [4.78, 5) is 4.34. The number of pyridine rings is 1. The molecule has 1 aromatic heterocycles. The maximum absolute atomic E-state index is 8.97. The molecule has 0 bridgehead atoms. The number of nitrogens with one attached hydrogen (secondary N) is 2. The summed E-state index contributed by atoms with van der Waals surface area (Å²) in [5.41, 5.74) is 1.92. The Bertz CT molecular complexity index is 344. The number of aliphatic hydroxyl groups excluding tert-OH is 4. The minimum atomic E-state index is -0.144. The third-order valence-electron chi connectivity index (χ3n) is 3.42. The minimum absolute atomic E-state index is 0.0327. The Hall–Kier alpha value is -1.09. The highest BCUT2D eigenvalue weighted by atomic mass is 16.3. The highest BCUT2D eigenvalue weighted by molar-refractivity contribution is 5.13. The Labute approximate surface area is 131 Å². The van der Waals surface area contributed by atoms with E-state index in [9.17, 15) is 0 Å².